The maximum Gasteiger partial charge on any atom is 0.184 e. The monoisotopic (exact) mass is 418 g/mol. The highest BCUT2D eigenvalue weighted by Crippen LogP contribution is 2.73. The number of ketones is 1. The fourth-order valence-electron chi connectivity index (χ4n) is 5.50. The molecule has 30 heavy (non-hydrogen) atoms. The van der Waals surface area contributed by atoms with E-state index in [9.17, 15) is 4.79 Å². The minimum absolute atomic E-state index is 0.00166. The molecule has 0 spiro atoms. The molecular weight excluding hydrogens is 392 g/mol. The summed E-state index contributed by atoms with van der Waals surface area (Å²) in [6, 6.07) is 18.2. The quantitative estimate of drug-likeness (QED) is 0.525. The summed E-state index contributed by atoms with van der Waals surface area (Å²) in [5.74, 6) is 1.06. The van der Waals surface area contributed by atoms with Crippen LogP contribution in [0.5, 0.6) is 0 Å². The largest absolute Gasteiger partial charge is 0.477 e. The lowest BCUT2D eigenvalue weighted by Gasteiger charge is -2.33. The minimum Gasteiger partial charge on any atom is -0.477 e. The molecule has 3 aliphatic rings. The molecule has 1 atom stereocenters. The molecular formula is C27H27ClO2. The molecule has 2 nitrogen and oxygen atoms in total. The lowest BCUT2D eigenvalue weighted by atomic mass is 9.75. The number of rotatable bonds is 2. The zero-order chi connectivity index (χ0) is 21.3. The molecule has 3 heteroatoms. The van der Waals surface area contributed by atoms with Crippen LogP contribution in [0.3, 0.4) is 0 Å². The first-order valence-corrected chi connectivity index (χ1v) is 11.1. The van der Waals surface area contributed by atoms with Gasteiger partial charge in [0, 0.05) is 34.6 Å². The van der Waals surface area contributed by atoms with Crippen LogP contribution in [0.2, 0.25) is 5.02 Å². The van der Waals surface area contributed by atoms with Crippen molar-refractivity contribution in [1.29, 1.82) is 0 Å². The Morgan fingerprint density at radius 1 is 0.833 bits per heavy atom. The van der Waals surface area contributed by atoms with Gasteiger partial charge in [-0.3, -0.25) is 4.79 Å². The van der Waals surface area contributed by atoms with E-state index < -0.39 is 5.60 Å². The van der Waals surface area contributed by atoms with E-state index >= 15 is 0 Å². The van der Waals surface area contributed by atoms with E-state index in [-0.39, 0.29) is 16.6 Å². The lowest BCUT2D eigenvalue weighted by molar-refractivity contribution is -0.115. The summed E-state index contributed by atoms with van der Waals surface area (Å²) in [4.78, 5) is 13.3. The predicted molar refractivity (Wildman–Crippen MR) is 120 cm³/mol. The van der Waals surface area contributed by atoms with Crippen LogP contribution in [0.1, 0.15) is 58.1 Å². The Morgan fingerprint density at radius 3 is 2.03 bits per heavy atom. The number of hydrogen-bond donors (Lipinski definition) is 0. The second-order valence-electron chi connectivity index (χ2n) is 9.73. The fraction of sp³-hybridized carbons (Fsp3) is 0.370. The minimum atomic E-state index is -0.823. The Hall–Kier alpha value is -2.32. The summed E-state index contributed by atoms with van der Waals surface area (Å²) in [7, 11) is 0. The molecule has 0 radical (unpaired) electrons. The van der Waals surface area contributed by atoms with E-state index in [4.69, 9.17) is 16.3 Å². The summed E-state index contributed by atoms with van der Waals surface area (Å²) in [6.45, 7) is 9.11. The SMILES string of the molecule is CC1(C)C(=C2C3=C(CCCC3=O)OC2(c2ccccc2)c2ccc(Cl)cc2)C1(C)C. The Labute approximate surface area is 183 Å². The molecule has 2 aliphatic carbocycles. The predicted octanol–water partition coefficient (Wildman–Crippen LogP) is 6.98. The molecule has 2 aromatic carbocycles. The lowest BCUT2D eigenvalue weighted by Crippen LogP contribution is -2.31. The first-order valence-electron chi connectivity index (χ1n) is 10.7. The molecule has 1 fully saturated rings. The highest BCUT2D eigenvalue weighted by Gasteiger charge is 2.66. The Balaban J connectivity index is 1.88. The molecule has 1 unspecified atom stereocenters. The molecule has 1 aliphatic heterocycles. The number of halogens is 1. The van der Waals surface area contributed by atoms with Crippen molar-refractivity contribution in [3.05, 3.63) is 93.2 Å². The van der Waals surface area contributed by atoms with Crippen molar-refractivity contribution in [2.75, 3.05) is 0 Å². The first kappa shape index (κ1) is 19.6. The van der Waals surface area contributed by atoms with Crippen molar-refractivity contribution in [2.24, 2.45) is 10.8 Å². The first-order chi connectivity index (χ1) is 14.2. The normalized spacial score (nSPS) is 26.5. The summed E-state index contributed by atoms with van der Waals surface area (Å²) in [6.07, 6.45) is 2.24. The van der Waals surface area contributed by atoms with Gasteiger partial charge in [-0.05, 0) is 35.0 Å². The van der Waals surface area contributed by atoms with Crippen LogP contribution in [0.25, 0.3) is 0 Å². The number of carbonyl (C=O) groups is 1. The Morgan fingerprint density at radius 2 is 1.43 bits per heavy atom. The van der Waals surface area contributed by atoms with Gasteiger partial charge in [0.05, 0.1) is 5.57 Å². The number of ether oxygens (including phenoxy) is 1. The number of allylic oxidation sites excluding steroid dienone is 2. The molecule has 154 valence electrons. The Bertz CT molecular complexity index is 1090. The van der Waals surface area contributed by atoms with E-state index in [2.05, 4.69) is 39.8 Å². The number of benzene rings is 2. The van der Waals surface area contributed by atoms with Crippen LogP contribution in [0, 0.1) is 10.8 Å². The number of carbonyl (C=O) groups excluding carboxylic acids is 1. The van der Waals surface area contributed by atoms with E-state index in [1.54, 1.807) is 0 Å². The molecule has 1 saturated carbocycles. The highest BCUT2D eigenvalue weighted by atomic mass is 35.5. The topological polar surface area (TPSA) is 26.3 Å². The van der Waals surface area contributed by atoms with Crippen molar-refractivity contribution >= 4 is 17.4 Å². The van der Waals surface area contributed by atoms with Crippen molar-refractivity contribution in [1.82, 2.24) is 0 Å². The third-order valence-corrected chi connectivity index (χ3v) is 7.93. The summed E-state index contributed by atoms with van der Waals surface area (Å²) in [5.41, 5.74) is 4.47. The molecule has 0 N–H and O–H groups in total. The molecule has 2 aromatic rings. The molecule has 0 aromatic heterocycles. The smallest absolute Gasteiger partial charge is 0.184 e. The molecule has 0 saturated heterocycles. The zero-order valence-electron chi connectivity index (χ0n) is 18.0. The van der Waals surface area contributed by atoms with Gasteiger partial charge in [0.25, 0.3) is 0 Å². The van der Waals surface area contributed by atoms with Gasteiger partial charge in [0.2, 0.25) is 0 Å². The van der Waals surface area contributed by atoms with Gasteiger partial charge in [-0.25, -0.2) is 0 Å². The van der Waals surface area contributed by atoms with E-state index in [1.165, 1.54) is 5.57 Å². The maximum atomic E-state index is 13.3. The van der Waals surface area contributed by atoms with Crippen LogP contribution >= 0.6 is 11.6 Å². The van der Waals surface area contributed by atoms with Gasteiger partial charge < -0.3 is 4.74 Å². The van der Waals surface area contributed by atoms with Crippen molar-refractivity contribution in [2.45, 2.75) is 52.6 Å². The van der Waals surface area contributed by atoms with Crippen LogP contribution < -0.4 is 0 Å². The summed E-state index contributed by atoms with van der Waals surface area (Å²) >= 11 is 6.24. The van der Waals surface area contributed by atoms with Crippen LogP contribution in [0.4, 0.5) is 0 Å². The third-order valence-electron chi connectivity index (χ3n) is 7.67. The third kappa shape index (κ3) is 2.46. The zero-order valence-corrected chi connectivity index (χ0v) is 18.8. The highest BCUT2D eigenvalue weighted by molar-refractivity contribution is 6.30. The van der Waals surface area contributed by atoms with E-state index in [0.29, 0.717) is 11.4 Å². The molecule has 1 heterocycles. The van der Waals surface area contributed by atoms with Gasteiger partial charge in [-0.2, -0.15) is 0 Å². The average molecular weight is 419 g/mol. The van der Waals surface area contributed by atoms with E-state index in [0.717, 1.165) is 40.9 Å². The van der Waals surface area contributed by atoms with Crippen molar-refractivity contribution < 1.29 is 9.53 Å². The molecule has 0 bridgehead atoms. The van der Waals surface area contributed by atoms with Gasteiger partial charge in [-0.1, -0.05) is 81.8 Å². The van der Waals surface area contributed by atoms with Gasteiger partial charge in [-0.15, -0.1) is 0 Å². The fourth-order valence-corrected chi connectivity index (χ4v) is 5.62. The Kier molecular flexibility index (Phi) is 4.15. The van der Waals surface area contributed by atoms with Crippen LogP contribution in [-0.4, -0.2) is 5.78 Å². The molecule has 0 amide bonds. The van der Waals surface area contributed by atoms with Crippen molar-refractivity contribution in [3.63, 3.8) is 0 Å². The van der Waals surface area contributed by atoms with Gasteiger partial charge in [0.1, 0.15) is 5.76 Å². The second-order valence-corrected chi connectivity index (χ2v) is 10.2. The molecule has 5 rings (SSSR count). The van der Waals surface area contributed by atoms with Crippen LogP contribution in [0.15, 0.2) is 77.1 Å². The number of Topliss-reactive ketones (excluding diaryl/α,β-unsaturated/α-hetero) is 1. The maximum absolute atomic E-state index is 13.3. The van der Waals surface area contributed by atoms with Crippen LogP contribution in [-0.2, 0) is 15.1 Å². The van der Waals surface area contributed by atoms with Gasteiger partial charge >= 0.3 is 0 Å². The standard InChI is InChI=1S/C27H27ClO2/c1-25(2)24(26(25,3)4)23-22-20(29)11-8-12-21(22)30-27(23,17-9-6-5-7-10-17)18-13-15-19(28)16-14-18/h5-7,9-10,13-16H,8,11-12H2,1-4H3. The average Bonchev–Trinajstić information content (AvgIpc) is 2.98. The summed E-state index contributed by atoms with van der Waals surface area (Å²) in [5, 5.41) is 0.690. The number of hydrogen-bond acceptors (Lipinski definition) is 2. The van der Waals surface area contributed by atoms with Crippen molar-refractivity contribution in [3.8, 4) is 0 Å². The summed E-state index contributed by atoms with van der Waals surface area (Å²) < 4.78 is 6.89. The van der Waals surface area contributed by atoms with Gasteiger partial charge in [0.15, 0.2) is 11.4 Å². The second kappa shape index (κ2) is 6.34. The van der Waals surface area contributed by atoms with E-state index in [1.807, 2.05) is 42.5 Å².